The quantitative estimate of drug-likeness (QED) is 0.730. The van der Waals surface area contributed by atoms with Gasteiger partial charge in [-0.25, -0.2) is 12.7 Å². The largest absolute Gasteiger partial charge is 0.214 e. The predicted octanol–water partition coefficient (Wildman–Crippen LogP) is 3.39. The van der Waals surface area contributed by atoms with Gasteiger partial charge in [0, 0.05) is 17.9 Å². The molecule has 0 radical (unpaired) electrons. The van der Waals surface area contributed by atoms with Crippen molar-refractivity contribution in [3.8, 4) is 0 Å². The lowest BCUT2D eigenvalue weighted by molar-refractivity contribution is 0.198. The molecule has 0 aromatic heterocycles. The van der Waals surface area contributed by atoms with Gasteiger partial charge in [-0.05, 0) is 30.6 Å². The second kappa shape index (κ2) is 6.02. The molecule has 2 fully saturated rings. The normalized spacial score (nSPS) is 30.4. The summed E-state index contributed by atoms with van der Waals surface area (Å²) in [4.78, 5) is 0.418. The molecule has 0 bridgehead atoms. The van der Waals surface area contributed by atoms with Gasteiger partial charge in [-0.1, -0.05) is 49.0 Å². The zero-order valence-electron chi connectivity index (χ0n) is 12.1. The van der Waals surface area contributed by atoms with Gasteiger partial charge in [0.15, 0.2) is 0 Å². The Bertz CT molecular complexity index is 402. The first-order valence-electron chi connectivity index (χ1n) is 7.43. The summed E-state index contributed by atoms with van der Waals surface area (Å²) in [5.74, 6) is 0.763. The summed E-state index contributed by atoms with van der Waals surface area (Å²) < 4.78 is 26.9. The highest BCUT2D eigenvalue weighted by Gasteiger charge is 2.39. The average molecular weight is 352 g/mol. The van der Waals surface area contributed by atoms with Crippen molar-refractivity contribution in [3.05, 3.63) is 0 Å². The third-order valence-electron chi connectivity index (χ3n) is 4.63. The second-order valence-electron chi connectivity index (χ2n) is 6.86. The van der Waals surface area contributed by atoms with Crippen LogP contribution in [0.1, 0.15) is 52.4 Å². The molecule has 1 heterocycles. The van der Waals surface area contributed by atoms with Crippen LogP contribution < -0.4 is 0 Å². The maximum Gasteiger partial charge on any atom is 0.214 e. The third-order valence-corrected chi connectivity index (χ3v) is 8.32. The molecule has 0 aromatic rings. The Morgan fingerprint density at radius 3 is 2.37 bits per heavy atom. The number of alkyl halides is 1. The molecular weight excluding hydrogens is 326 g/mol. The fourth-order valence-corrected chi connectivity index (χ4v) is 5.68. The van der Waals surface area contributed by atoms with E-state index >= 15 is 0 Å². The maximum absolute atomic E-state index is 12.6. The summed E-state index contributed by atoms with van der Waals surface area (Å²) >= 11 is 3.68. The van der Waals surface area contributed by atoms with Crippen molar-refractivity contribution in [3.63, 3.8) is 0 Å². The first kappa shape index (κ1) is 15.8. The monoisotopic (exact) mass is 351 g/mol. The molecular formula is C14H26BrNO2S. The molecule has 5 heteroatoms. The van der Waals surface area contributed by atoms with Crippen LogP contribution in [0.15, 0.2) is 0 Å². The minimum atomic E-state index is -3.06. The van der Waals surface area contributed by atoms with Crippen molar-refractivity contribution in [2.75, 3.05) is 18.8 Å². The predicted molar refractivity (Wildman–Crippen MR) is 83.0 cm³/mol. The molecule has 19 heavy (non-hydrogen) atoms. The van der Waals surface area contributed by atoms with Gasteiger partial charge in [0.05, 0.1) is 5.75 Å². The van der Waals surface area contributed by atoms with E-state index in [2.05, 4.69) is 29.8 Å². The standard InChI is InChI=1S/C14H26BrNO2S/c1-14(2)11-16(9-8-13(14)15)19(17,18)10-12-6-4-3-5-7-12/h12-13H,3-11H2,1-2H3. The summed E-state index contributed by atoms with van der Waals surface area (Å²) in [7, 11) is -3.06. The van der Waals surface area contributed by atoms with E-state index in [1.807, 2.05) is 0 Å². The number of hydrogen-bond acceptors (Lipinski definition) is 2. The van der Waals surface area contributed by atoms with E-state index in [0.29, 0.717) is 29.6 Å². The topological polar surface area (TPSA) is 37.4 Å². The average Bonchev–Trinajstić information content (AvgIpc) is 2.33. The Morgan fingerprint density at radius 1 is 1.16 bits per heavy atom. The minimum absolute atomic E-state index is 0.0257. The number of halogens is 1. The fraction of sp³-hybridized carbons (Fsp3) is 1.00. The van der Waals surface area contributed by atoms with E-state index in [0.717, 1.165) is 19.3 Å². The molecule has 1 atom stereocenters. The van der Waals surface area contributed by atoms with Crippen LogP contribution in [0.2, 0.25) is 0 Å². The van der Waals surface area contributed by atoms with E-state index in [1.165, 1.54) is 19.3 Å². The molecule has 2 rings (SSSR count). The molecule has 1 unspecified atom stereocenters. The van der Waals surface area contributed by atoms with Crippen LogP contribution in [0.4, 0.5) is 0 Å². The van der Waals surface area contributed by atoms with Crippen LogP contribution in [0.3, 0.4) is 0 Å². The van der Waals surface area contributed by atoms with Crippen molar-refractivity contribution in [1.29, 1.82) is 0 Å². The van der Waals surface area contributed by atoms with Crippen LogP contribution >= 0.6 is 15.9 Å². The van der Waals surface area contributed by atoms with Gasteiger partial charge in [-0.2, -0.15) is 0 Å². The summed E-state index contributed by atoms with van der Waals surface area (Å²) in [6.07, 6.45) is 6.79. The van der Waals surface area contributed by atoms with E-state index in [4.69, 9.17) is 0 Å². The number of piperidine rings is 1. The Kier molecular flexibility index (Phi) is 5.00. The Hall–Kier alpha value is 0.390. The third kappa shape index (κ3) is 3.94. The molecule has 3 nitrogen and oxygen atoms in total. The van der Waals surface area contributed by atoms with Crippen LogP contribution in [0.25, 0.3) is 0 Å². The van der Waals surface area contributed by atoms with Gasteiger partial charge in [-0.15, -0.1) is 0 Å². The Morgan fingerprint density at radius 2 is 1.79 bits per heavy atom. The van der Waals surface area contributed by atoms with Gasteiger partial charge in [0.25, 0.3) is 0 Å². The van der Waals surface area contributed by atoms with Crippen LogP contribution in [-0.2, 0) is 10.0 Å². The van der Waals surface area contributed by atoms with Gasteiger partial charge >= 0.3 is 0 Å². The van der Waals surface area contributed by atoms with E-state index in [1.54, 1.807) is 4.31 Å². The van der Waals surface area contributed by atoms with Crippen LogP contribution in [0, 0.1) is 11.3 Å². The second-order valence-corrected chi connectivity index (χ2v) is 9.98. The zero-order valence-corrected chi connectivity index (χ0v) is 14.5. The lowest BCUT2D eigenvalue weighted by Crippen LogP contribution is -2.49. The van der Waals surface area contributed by atoms with E-state index < -0.39 is 10.0 Å². The molecule has 0 amide bonds. The van der Waals surface area contributed by atoms with Crippen molar-refractivity contribution in [1.82, 2.24) is 4.31 Å². The molecule has 0 aromatic carbocycles. The van der Waals surface area contributed by atoms with E-state index in [-0.39, 0.29) is 5.41 Å². The molecule has 1 aliphatic carbocycles. The van der Waals surface area contributed by atoms with Gasteiger partial charge < -0.3 is 0 Å². The maximum atomic E-state index is 12.6. The van der Waals surface area contributed by atoms with Crippen LogP contribution in [0.5, 0.6) is 0 Å². The molecule has 112 valence electrons. The van der Waals surface area contributed by atoms with Crippen molar-refractivity contribution in [2.24, 2.45) is 11.3 Å². The lowest BCUT2D eigenvalue weighted by atomic mass is 9.85. The Balaban J connectivity index is 1.99. The summed E-state index contributed by atoms with van der Waals surface area (Å²) in [6, 6.07) is 0. The highest BCUT2D eigenvalue weighted by atomic mass is 79.9. The SMILES string of the molecule is CC1(C)CN(S(=O)(=O)CC2CCCCC2)CCC1Br. The van der Waals surface area contributed by atoms with Crippen molar-refractivity contribution >= 4 is 26.0 Å². The molecule has 0 spiro atoms. The molecule has 0 N–H and O–H groups in total. The number of rotatable bonds is 3. The number of sulfonamides is 1. The number of hydrogen-bond donors (Lipinski definition) is 0. The molecule has 1 saturated carbocycles. The lowest BCUT2D eigenvalue weighted by Gasteiger charge is -2.41. The summed E-state index contributed by atoms with van der Waals surface area (Å²) in [6.45, 7) is 5.62. The Labute approximate surface area is 126 Å². The minimum Gasteiger partial charge on any atom is -0.212 e. The van der Waals surface area contributed by atoms with Crippen LogP contribution in [-0.4, -0.2) is 36.4 Å². The zero-order chi connectivity index (χ0) is 14.1. The van der Waals surface area contributed by atoms with Gasteiger partial charge in [0.2, 0.25) is 10.0 Å². The molecule has 2 aliphatic rings. The summed E-state index contributed by atoms with van der Waals surface area (Å²) in [5.41, 5.74) is 0.0257. The van der Waals surface area contributed by atoms with Crippen molar-refractivity contribution in [2.45, 2.75) is 57.2 Å². The van der Waals surface area contributed by atoms with Crippen molar-refractivity contribution < 1.29 is 8.42 Å². The smallest absolute Gasteiger partial charge is 0.212 e. The summed E-state index contributed by atoms with van der Waals surface area (Å²) in [5, 5.41) is 0. The van der Waals surface area contributed by atoms with E-state index in [9.17, 15) is 8.42 Å². The van der Waals surface area contributed by atoms with Gasteiger partial charge in [-0.3, -0.25) is 0 Å². The number of nitrogens with zero attached hydrogens (tertiary/aromatic N) is 1. The van der Waals surface area contributed by atoms with Gasteiger partial charge in [0.1, 0.15) is 0 Å². The molecule has 1 saturated heterocycles. The molecule has 1 aliphatic heterocycles. The fourth-order valence-electron chi connectivity index (χ4n) is 3.28. The first-order chi connectivity index (χ1) is 8.81. The highest BCUT2D eigenvalue weighted by Crippen LogP contribution is 2.36. The highest BCUT2D eigenvalue weighted by molar-refractivity contribution is 9.09. The first-order valence-corrected chi connectivity index (χ1v) is 9.96.